The molecule has 1 aliphatic rings. The van der Waals surface area contributed by atoms with E-state index in [1.54, 1.807) is 12.1 Å². The van der Waals surface area contributed by atoms with Gasteiger partial charge in [0.15, 0.2) is 0 Å². The number of nitrogens with one attached hydrogen (secondary N) is 1. The van der Waals surface area contributed by atoms with Crippen molar-refractivity contribution >= 4 is 22.4 Å². The van der Waals surface area contributed by atoms with Crippen molar-refractivity contribution in [3.63, 3.8) is 0 Å². The normalized spacial score (nSPS) is 15.2. The van der Waals surface area contributed by atoms with Gasteiger partial charge in [0.1, 0.15) is 12.0 Å². The Morgan fingerprint density at radius 1 is 0.962 bits per heavy atom. The third-order valence-electron chi connectivity index (χ3n) is 4.74. The fourth-order valence-electron chi connectivity index (χ4n) is 3.61. The highest BCUT2D eigenvalue weighted by Crippen LogP contribution is 2.42. The van der Waals surface area contributed by atoms with Gasteiger partial charge in [-0.05, 0) is 30.3 Å². The second kappa shape index (κ2) is 5.42. The molecule has 0 fully saturated rings. The summed E-state index contributed by atoms with van der Waals surface area (Å²) in [5.74, 6) is 0.809. The average Bonchev–Trinajstić information content (AvgIpc) is 3.07. The van der Waals surface area contributed by atoms with Crippen molar-refractivity contribution in [2.45, 2.75) is 6.17 Å². The van der Waals surface area contributed by atoms with Crippen LogP contribution in [0.25, 0.3) is 22.4 Å². The first-order chi connectivity index (χ1) is 12.7. The van der Waals surface area contributed by atoms with Crippen molar-refractivity contribution in [1.29, 1.82) is 0 Å². The van der Waals surface area contributed by atoms with E-state index in [1.807, 2.05) is 59.2 Å². The molecule has 2 heterocycles. The summed E-state index contributed by atoms with van der Waals surface area (Å²) in [5, 5.41) is 15.0. The highest BCUT2D eigenvalue weighted by Gasteiger charge is 2.31. The summed E-state index contributed by atoms with van der Waals surface area (Å²) in [4.78, 5) is 16.0. The van der Waals surface area contributed by atoms with Gasteiger partial charge in [0.25, 0.3) is 5.69 Å². The zero-order valence-corrected chi connectivity index (χ0v) is 13.7. The maximum Gasteiger partial charge on any atom is 0.276 e. The maximum atomic E-state index is 11.6. The Morgan fingerprint density at radius 2 is 1.69 bits per heavy atom. The predicted octanol–water partition coefficient (Wildman–Crippen LogP) is 4.58. The number of hydrogen-bond donors (Lipinski definition) is 1. The number of para-hydroxylation sites is 4. The van der Waals surface area contributed by atoms with Gasteiger partial charge in [-0.2, -0.15) is 0 Å². The largest absolute Gasteiger partial charge is 0.360 e. The molecule has 1 N–H and O–H groups in total. The van der Waals surface area contributed by atoms with E-state index in [-0.39, 0.29) is 10.6 Å². The Hall–Kier alpha value is -3.67. The van der Waals surface area contributed by atoms with Crippen LogP contribution in [0.15, 0.2) is 72.8 Å². The number of anilines is 1. The molecule has 1 aromatic heterocycles. The third-order valence-corrected chi connectivity index (χ3v) is 4.74. The summed E-state index contributed by atoms with van der Waals surface area (Å²) in [6.07, 6.45) is -0.408. The van der Waals surface area contributed by atoms with Crippen LogP contribution in [0.5, 0.6) is 0 Å². The zero-order valence-electron chi connectivity index (χ0n) is 13.7. The van der Waals surface area contributed by atoms with Gasteiger partial charge >= 0.3 is 0 Å². The highest BCUT2D eigenvalue weighted by atomic mass is 16.6. The van der Waals surface area contributed by atoms with Gasteiger partial charge in [0, 0.05) is 17.3 Å². The molecule has 0 radical (unpaired) electrons. The van der Waals surface area contributed by atoms with E-state index in [4.69, 9.17) is 4.98 Å². The number of fused-ring (bicyclic) bond motifs is 5. The van der Waals surface area contributed by atoms with Gasteiger partial charge in [-0.3, -0.25) is 14.7 Å². The van der Waals surface area contributed by atoms with Crippen molar-refractivity contribution in [3.05, 3.63) is 88.5 Å². The van der Waals surface area contributed by atoms with E-state index in [0.717, 1.165) is 28.1 Å². The maximum absolute atomic E-state index is 11.6. The molecule has 0 amide bonds. The van der Waals surface area contributed by atoms with Crippen LogP contribution in [0.3, 0.4) is 0 Å². The molecule has 26 heavy (non-hydrogen) atoms. The van der Waals surface area contributed by atoms with Gasteiger partial charge in [-0.15, -0.1) is 0 Å². The van der Waals surface area contributed by atoms with Crippen molar-refractivity contribution in [2.75, 3.05) is 5.32 Å². The Bertz CT molecular complexity index is 1170. The van der Waals surface area contributed by atoms with Crippen LogP contribution < -0.4 is 5.32 Å². The number of rotatable bonds is 2. The van der Waals surface area contributed by atoms with Gasteiger partial charge in [0.05, 0.1) is 21.5 Å². The van der Waals surface area contributed by atoms with Gasteiger partial charge in [0.2, 0.25) is 0 Å². The average molecular weight is 342 g/mol. The number of benzene rings is 3. The minimum Gasteiger partial charge on any atom is -0.360 e. The van der Waals surface area contributed by atoms with Crippen molar-refractivity contribution in [3.8, 4) is 11.4 Å². The SMILES string of the molecule is O=[N+]([O-])c1ccccc1C1Nc2ccccc2-c2nc3ccccc3n21. The van der Waals surface area contributed by atoms with E-state index in [1.165, 1.54) is 6.07 Å². The van der Waals surface area contributed by atoms with E-state index < -0.39 is 6.17 Å². The first-order valence-electron chi connectivity index (χ1n) is 8.30. The monoisotopic (exact) mass is 342 g/mol. The van der Waals surface area contributed by atoms with Crippen molar-refractivity contribution < 1.29 is 4.92 Å². The molecule has 126 valence electrons. The summed E-state index contributed by atoms with van der Waals surface area (Å²) < 4.78 is 2.04. The lowest BCUT2D eigenvalue weighted by Gasteiger charge is -2.30. The standard InChI is InChI=1S/C20H14N4O2/c25-24(26)17-11-5-2-8-14(17)20-21-15-9-3-1-7-13(15)19-22-16-10-4-6-12-18(16)23(19)20/h1-12,20-21H. The lowest BCUT2D eigenvalue weighted by molar-refractivity contribution is -0.385. The smallest absolute Gasteiger partial charge is 0.276 e. The van der Waals surface area contributed by atoms with Crippen LogP contribution in [0.2, 0.25) is 0 Å². The van der Waals surface area contributed by atoms with Crippen LogP contribution in [-0.4, -0.2) is 14.5 Å². The van der Waals surface area contributed by atoms with E-state index in [9.17, 15) is 10.1 Å². The summed E-state index contributed by atoms with van der Waals surface area (Å²) in [5.41, 5.74) is 4.40. The first-order valence-corrected chi connectivity index (χ1v) is 8.30. The minimum atomic E-state index is -0.408. The third kappa shape index (κ3) is 2.02. The summed E-state index contributed by atoms with van der Waals surface area (Å²) in [6.45, 7) is 0. The highest BCUT2D eigenvalue weighted by molar-refractivity contribution is 5.87. The number of nitro groups is 1. The van der Waals surface area contributed by atoms with Crippen LogP contribution >= 0.6 is 0 Å². The molecule has 6 heteroatoms. The quantitative estimate of drug-likeness (QED) is 0.427. The van der Waals surface area contributed by atoms with Crippen LogP contribution in [0, 0.1) is 10.1 Å². The molecule has 1 atom stereocenters. The lowest BCUT2D eigenvalue weighted by atomic mass is 10.0. The number of nitro benzene ring substituents is 1. The number of aromatic nitrogens is 2. The Balaban J connectivity index is 1.84. The molecule has 1 unspecified atom stereocenters. The lowest BCUT2D eigenvalue weighted by Crippen LogP contribution is -2.25. The molecule has 6 nitrogen and oxygen atoms in total. The molecule has 3 aromatic carbocycles. The summed E-state index contributed by atoms with van der Waals surface area (Å²) in [7, 11) is 0. The fraction of sp³-hybridized carbons (Fsp3) is 0.0500. The second-order valence-corrected chi connectivity index (χ2v) is 6.20. The van der Waals surface area contributed by atoms with Crippen LogP contribution in [0.1, 0.15) is 11.7 Å². The Kier molecular flexibility index (Phi) is 3.05. The molecule has 0 saturated carbocycles. The Morgan fingerprint density at radius 3 is 2.58 bits per heavy atom. The van der Waals surface area contributed by atoms with Gasteiger partial charge in [-0.1, -0.05) is 36.4 Å². The van der Waals surface area contributed by atoms with E-state index >= 15 is 0 Å². The Labute approximate surface area is 148 Å². The van der Waals surface area contributed by atoms with Crippen LogP contribution in [0.4, 0.5) is 11.4 Å². The number of nitrogens with zero attached hydrogens (tertiary/aromatic N) is 3. The van der Waals surface area contributed by atoms with Crippen molar-refractivity contribution in [2.24, 2.45) is 0 Å². The molecular weight excluding hydrogens is 328 g/mol. The van der Waals surface area contributed by atoms with Gasteiger partial charge < -0.3 is 5.32 Å². The van der Waals surface area contributed by atoms with Gasteiger partial charge in [-0.25, -0.2) is 4.98 Å². The molecule has 4 aromatic rings. The number of hydrogen-bond acceptors (Lipinski definition) is 4. The van der Waals surface area contributed by atoms with Crippen LogP contribution in [-0.2, 0) is 0 Å². The first kappa shape index (κ1) is 14.7. The molecule has 0 spiro atoms. The number of imidazole rings is 1. The molecular formula is C20H14N4O2. The van der Waals surface area contributed by atoms with Crippen molar-refractivity contribution in [1.82, 2.24) is 9.55 Å². The second-order valence-electron chi connectivity index (χ2n) is 6.20. The zero-order chi connectivity index (χ0) is 17.7. The molecule has 5 rings (SSSR count). The van der Waals surface area contributed by atoms with E-state index in [0.29, 0.717) is 5.56 Å². The fourth-order valence-corrected chi connectivity index (χ4v) is 3.61. The summed E-state index contributed by atoms with van der Waals surface area (Å²) >= 11 is 0. The molecule has 0 saturated heterocycles. The molecule has 0 bridgehead atoms. The molecule has 1 aliphatic heterocycles. The van der Waals surface area contributed by atoms with E-state index in [2.05, 4.69) is 5.32 Å². The summed E-state index contributed by atoms with van der Waals surface area (Å²) in [6, 6.07) is 22.6. The topological polar surface area (TPSA) is 73.0 Å². The predicted molar refractivity (Wildman–Crippen MR) is 100 cm³/mol. The minimum absolute atomic E-state index is 0.0908. The molecule has 0 aliphatic carbocycles.